The second kappa shape index (κ2) is 8.11. The third-order valence-corrected chi connectivity index (χ3v) is 7.46. The highest BCUT2D eigenvalue weighted by Gasteiger charge is 2.18. The largest absolute Gasteiger partial charge is 0.350 e. The summed E-state index contributed by atoms with van der Waals surface area (Å²) in [6.07, 6.45) is 7.83. The minimum absolute atomic E-state index is 0.188. The van der Waals surface area contributed by atoms with E-state index in [0.717, 1.165) is 41.9 Å². The number of carbonyl (C=O) groups is 1. The van der Waals surface area contributed by atoms with Crippen LogP contribution >= 0.6 is 22.7 Å². The number of anilines is 1. The van der Waals surface area contributed by atoms with Crippen molar-refractivity contribution in [2.75, 3.05) is 11.3 Å². The molecule has 0 atom stereocenters. The molecule has 0 unspecified atom stereocenters. The molecule has 3 rings (SSSR count). The van der Waals surface area contributed by atoms with Crippen molar-refractivity contribution in [3.63, 3.8) is 0 Å². The van der Waals surface area contributed by atoms with Crippen molar-refractivity contribution >= 4 is 43.7 Å². The van der Waals surface area contributed by atoms with E-state index in [4.69, 9.17) is 0 Å². The highest BCUT2D eigenvalue weighted by atomic mass is 32.2. The average molecular weight is 398 g/mol. The molecule has 0 aromatic carbocycles. The van der Waals surface area contributed by atoms with Gasteiger partial charge in [-0.3, -0.25) is 9.52 Å². The van der Waals surface area contributed by atoms with Crippen LogP contribution in [0.2, 0.25) is 0 Å². The second-order valence-electron chi connectivity index (χ2n) is 5.69. The Bertz CT molecular complexity index is 854. The zero-order valence-electron chi connectivity index (χ0n) is 13.5. The summed E-state index contributed by atoms with van der Waals surface area (Å²) in [5.74, 6) is -0.283. The predicted octanol–water partition coefficient (Wildman–Crippen LogP) is 3.63. The Hall–Kier alpha value is -1.71. The summed E-state index contributed by atoms with van der Waals surface area (Å²) in [7, 11) is -3.64. The van der Waals surface area contributed by atoms with E-state index in [1.165, 1.54) is 24.5 Å². The molecule has 0 bridgehead atoms. The van der Waals surface area contributed by atoms with Crippen molar-refractivity contribution < 1.29 is 13.2 Å². The third-order valence-electron chi connectivity index (χ3n) is 3.84. The first-order valence-electron chi connectivity index (χ1n) is 8.02. The highest BCUT2D eigenvalue weighted by molar-refractivity contribution is 7.94. The van der Waals surface area contributed by atoms with Gasteiger partial charge in [0.1, 0.15) is 9.90 Å². The van der Waals surface area contributed by atoms with Gasteiger partial charge < -0.3 is 5.32 Å². The van der Waals surface area contributed by atoms with Gasteiger partial charge in [0, 0.05) is 11.9 Å². The molecule has 134 valence electrons. The third kappa shape index (κ3) is 4.90. The molecule has 6 nitrogen and oxygen atoms in total. The Morgan fingerprint density at radius 2 is 2.16 bits per heavy atom. The van der Waals surface area contributed by atoms with Crippen LogP contribution in [0, 0.1) is 0 Å². The molecule has 1 aliphatic carbocycles. The Labute approximate surface area is 155 Å². The Morgan fingerprint density at radius 1 is 1.28 bits per heavy atom. The monoisotopic (exact) mass is 397 g/mol. The summed E-state index contributed by atoms with van der Waals surface area (Å²) in [6.45, 7) is 0.568. The maximum absolute atomic E-state index is 12.1. The molecule has 2 aromatic rings. The van der Waals surface area contributed by atoms with Crippen molar-refractivity contribution in [1.82, 2.24) is 10.3 Å². The van der Waals surface area contributed by atoms with Gasteiger partial charge >= 0.3 is 0 Å². The zero-order chi connectivity index (χ0) is 17.7. The zero-order valence-corrected chi connectivity index (χ0v) is 16.0. The summed E-state index contributed by atoms with van der Waals surface area (Å²) in [4.78, 5) is 16.2. The first-order chi connectivity index (χ1) is 12.0. The Kier molecular flexibility index (Phi) is 5.87. The standard InChI is InChI=1S/C16H19N3O3S3/c20-15(17-9-8-12-5-2-1-3-6-12)13-11-24-16(18-13)19-25(21,22)14-7-4-10-23-14/h4-5,7,10-11H,1-3,6,8-9H2,(H,17,20)(H,18,19). The fraction of sp³-hybridized carbons (Fsp3) is 0.375. The van der Waals surface area contributed by atoms with Gasteiger partial charge in [0.05, 0.1) is 0 Å². The average Bonchev–Trinajstić information content (AvgIpc) is 3.27. The van der Waals surface area contributed by atoms with Crippen molar-refractivity contribution in [2.24, 2.45) is 0 Å². The Morgan fingerprint density at radius 3 is 2.88 bits per heavy atom. The summed E-state index contributed by atoms with van der Waals surface area (Å²) < 4.78 is 26.9. The number of amides is 1. The van der Waals surface area contributed by atoms with Crippen molar-refractivity contribution in [1.29, 1.82) is 0 Å². The lowest BCUT2D eigenvalue weighted by molar-refractivity contribution is 0.0950. The molecule has 25 heavy (non-hydrogen) atoms. The van der Waals surface area contributed by atoms with Crippen LogP contribution in [0.3, 0.4) is 0 Å². The number of nitrogens with one attached hydrogen (secondary N) is 2. The van der Waals surface area contributed by atoms with E-state index in [1.807, 2.05) is 0 Å². The van der Waals surface area contributed by atoms with E-state index in [9.17, 15) is 13.2 Å². The van der Waals surface area contributed by atoms with E-state index < -0.39 is 10.0 Å². The number of nitrogens with zero attached hydrogens (tertiary/aromatic N) is 1. The fourth-order valence-electron chi connectivity index (χ4n) is 2.57. The van der Waals surface area contributed by atoms with Crippen molar-refractivity contribution in [2.45, 2.75) is 36.3 Å². The van der Waals surface area contributed by atoms with Crippen LogP contribution in [0.25, 0.3) is 0 Å². The molecule has 0 saturated carbocycles. The van der Waals surface area contributed by atoms with Crippen molar-refractivity contribution in [3.8, 4) is 0 Å². The van der Waals surface area contributed by atoms with Crippen LogP contribution in [-0.2, 0) is 10.0 Å². The minimum atomic E-state index is -3.64. The van der Waals surface area contributed by atoms with Crippen LogP contribution in [0.4, 0.5) is 5.13 Å². The number of rotatable bonds is 7. The van der Waals surface area contributed by atoms with Crippen LogP contribution < -0.4 is 10.0 Å². The quantitative estimate of drug-likeness (QED) is 0.699. The Balaban J connectivity index is 1.54. The lowest BCUT2D eigenvalue weighted by Gasteiger charge is -2.12. The molecule has 0 saturated heterocycles. The summed E-state index contributed by atoms with van der Waals surface area (Å²) in [6, 6.07) is 3.19. The number of hydrogen-bond acceptors (Lipinski definition) is 6. The molecular formula is C16H19N3O3S3. The van der Waals surface area contributed by atoms with Crippen LogP contribution in [0.5, 0.6) is 0 Å². The molecule has 0 aliphatic heterocycles. The molecule has 1 amide bonds. The molecule has 0 radical (unpaired) electrons. The molecule has 2 heterocycles. The van der Waals surface area contributed by atoms with Gasteiger partial charge in [0.25, 0.3) is 15.9 Å². The second-order valence-corrected chi connectivity index (χ2v) is 9.40. The fourth-order valence-corrected chi connectivity index (χ4v) is 5.50. The highest BCUT2D eigenvalue weighted by Crippen LogP contribution is 2.23. The van der Waals surface area contributed by atoms with Gasteiger partial charge in [-0.1, -0.05) is 17.7 Å². The van der Waals surface area contributed by atoms with Crippen LogP contribution in [0.15, 0.2) is 38.8 Å². The number of hydrogen-bond donors (Lipinski definition) is 2. The first-order valence-corrected chi connectivity index (χ1v) is 11.3. The van der Waals surface area contributed by atoms with Crippen LogP contribution in [-0.4, -0.2) is 25.9 Å². The number of thiazole rings is 1. The van der Waals surface area contributed by atoms with Gasteiger partial charge in [-0.2, -0.15) is 0 Å². The number of sulfonamides is 1. The number of aromatic nitrogens is 1. The summed E-state index contributed by atoms with van der Waals surface area (Å²) >= 11 is 2.22. The van der Waals surface area contributed by atoms with Gasteiger partial charge in [0.15, 0.2) is 5.13 Å². The first kappa shape index (κ1) is 18.1. The lowest BCUT2D eigenvalue weighted by Crippen LogP contribution is -2.25. The van der Waals surface area contributed by atoms with Crippen molar-refractivity contribution in [3.05, 3.63) is 40.2 Å². The number of carbonyl (C=O) groups excluding carboxylic acids is 1. The minimum Gasteiger partial charge on any atom is -0.350 e. The molecule has 1 aliphatic rings. The van der Waals surface area contributed by atoms with E-state index in [2.05, 4.69) is 21.1 Å². The smallest absolute Gasteiger partial charge is 0.273 e. The topological polar surface area (TPSA) is 88.2 Å². The van der Waals surface area contributed by atoms with E-state index in [-0.39, 0.29) is 20.9 Å². The maximum atomic E-state index is 12.1. The van der Waals surface area contributed by atoms with Gasteiger partial charge in [-0.25, -0.2) is 13.4 Å². The van der Waals surface area contributed by atoms with E-state index in [1.54, 1.807) is 16.8 Å². The van der Waals surface area contributed by atoms with E-state index in [0.29, 0.717) is 6.54 Å². The van der Waals surface area contributed by atoms with Crippen LogP contribution in [0.1, 0.15) is 42.6 Å². The molecule has 9 heteroatoms. The van der Waals surface area contributed by atoms with Gasteiger partial charge in [-0.15, -0.1) is 22.7 Å². The maximum Gasteiger partial charge on any atom is 0.273 e. The molecule has 0 fully saturated rings. The predicted molar refractivity (Wildman–Crippen MR) is 101 cm³/mol. The van der Waals surface area contributed by atoms with Gasteiger partial charge in [0.2, 0.25) is 0 Å². The number of thiophene rings is 1. The number of allylic oxidation sites excluding steroid dienone is 1. The summed E-state index contributed by atoms with van der Waals surface area (Å²) in [5, 5.41) is 6.28. The molecule has 2 N–H and O–H groups in total. The van der Waals surface area contributed by atoms with E-state index >= 15 is 0 Å². The lowest BCUT2D eigenvalue weighted by atomic mass is 9.97. The normalized spacial score (nSPS) is 14.8. The molecule has 2 aromatic heterocycles. The summed E-state index contributed by atoms with van der Waals surface area (Å²) in [5.41, 5.74) is 1.63. The molecular weight excluding hydrogens is 378 g/mol. The molecule has 0 spiro atoms. The SMILES string of the molecule is O=C(NCCC1=CCCCC1)c1csc(NS(=O)(=O)c2cccs2)n1. The van der Waals surface area contributed by atoms with Gasteiger partial charge in [-0.05, 0) is 43.6 Å².